The number of nitrogens with zero attached hydrogens (tertiary/aromatic N) is 2. The zero-order valence-corrected chi connectivity index (χ0v) is 16.2. The molecule has 1 aromatic rings. The minimum absolute atomic E-state index is 0.000143. The van der Waals surface area contributed by atoms with Crippen molar-refractivity contribution >= 4 is 21.7 Å². The highest BCUT2D eigenvalue weighted by molar-refractivity contribution is 7.90. The van der Waals surface area contributed by atoms with Gasteiger partial charge in [0.1, 0.15) is 0 Å². The first-order valence-corrected chi connectivity index (χ1v) is 11.1. The lowest BCUT2D eigenvalue weighted by molar-refractivity contribution is -0.139. The maximum atomic E-state index is 12.8. The molecule has 7 heteroatoms. The van der Waals surface area contributed by atoms with Crippen LogP contribution in [0.25, 0.3) is 0 Å². The lowest BCUT2D eigenvalue weighted by atomic mass is 9.94. The molecule has 2 amide bonds. The Balaban J connectivity index is 1.70. The Morgan fingerprint density at radius 1 is 1.15 bits per heavy atom. The minimum Gasteiger partial charge on any atom is -0.340 e. The first-order chi connectivity index (χ1) is 12.3. The van der Waals surface area contributed by atoms with E-state index in [1.54, 1.807) is 12.1 Å². The fourth-order valence-electron chi connectivity index (χ4n) is 3.92. The van der Waals surface area contributed by atoms with Crippen LogP contribution in [-0.2, 0) is 25.8 Å². The van der Waals surface area contributed by atoms with Crippen LogP contribution in [0.3, 0.4) is 0 Å². The molecule has 0 aliphatic carbocycles. The van der Waals surface area contributed by atoms with Gasteiger partial charge in [-0.15, -0.1) is 0 Å². The Morgan fingerprint density at radius 2 is 1.85 bits per heavy atom. The molecule has 6 nitrogen and oxygen atoms in total. The van der Waals surface area contributed by atoms with Gasteiger partial charge in [0, 0.05) is 31.9 Å². The zero-order chi connectivity index (χ0) is 18.9. The largest absolute Gasteiger partial charge is 0.340 e. The molecular formula is C19H26N2O4S. The molecule has 26 heavy (non-hydrogen) atoms. The first kappa shape index (κ1) is 18.9. The second kappa shape index (κ2) is 7.39. The van der Waals surface area contributed by atoms with Crippen LogP contribution < -0.4 is 0 Å². The third kappa shape index (κ3) is 3.92. The van der Waals surface area contributed by atoms with E-state index in [0.717, 1.165) is 31.4 Å². The van der Waals surface area contributed by atoms with E-state index in [1.165, 1.54) is 18.4 Å². The van der Waals surface area contributed by atoms with Crippen LogP contribution in [0.15, 0.2) is 29.2 Å². The van der Waals surface area contributed by atoms with E-state index in [4.69, 9.17) is 0 Å². The Bertz CT molecular complexity index is 788. The topological polar surface area (TPSA) is 74.8 Å². The highest BCUT2D eigenvalue weighted by Gasteiger charge is 2.41. The number of hydrogen-bond donors (Lipinski definition) is 0. The van der Waals surface area contributed by atoms with E-state index in [1.807, 2.05) is 9.80 Å². The van der Waals surface area contributed by atoms with Gasteiger partial charge < -0.3 is 9.80 Å². The van der Waals surface area contributed by atoms with Gasteiger partial charge in [-0.1, -0.05) is 19.1 Å². The first-order valence-electron chi connectivity index (χ1n) is 9.17. The lowest BCUT2D eigenvalue weighted by Gasteiger charge is -2.35. The molecule has 3 aliphatic heterocycles. The highest BCUT2D eigenvalue weighted by Crippen LogP contribution is 2.29. The second-order valence-corrected chi connectivity index (χ2v) is 9.37. The smallest absolute Gasteiger partial charge is 0.227 e. The van der Waals surface area contributed by atoms with E-state index >= 15 is 0 Å². The molecule has 3 fully saturated rings. The second-order valence-electron chi connectivity index (χ2n) is 7.35. The average Bonchev–Trinajstić information content (AvgIpc) is 2.88. The molecular weight excluding hydrogens is 352 g/mol. The molecule has 2 atom stereocenters. The molecule has 1 aromatic carbocycles. The number of rotatable bonds is 5. The molecule has 0 unspecified atom stereocenters. The van der Waals surface area contributed by atoms with Crippen LogP contribution in [0.2, 0.25) is 0 Å². The number of piperidine rings is 1. The molecule has 0 saturated carbocycles. The SMILES string of the molecule is CCCN1C(=O)[C@@H]2CC[C@H]1CN(C(=O)Cc1ccc(S(C)(=O)=O)cc1)C2. The number of hydrogen-bond acceptors (Lipinski definition) is 4. The number of fused-ring (bicyclic) bond motifs is 4. The fraction of sp³-hybridized carbons (Fsp3) is 0.579. The quantitative estimate of drug-likeness (QED) is 0.778. The summed E-state index contributed by atoms with van der Waals surface area (Å²) in [5, 5.41) is 0. The maximum Gasteiger partial charge on any atom is 0.227 e. The third-order valence-electron chi connectivity index (χ3n) is 5.32. The summed E-state index contributed by atoms with van der Waals surface area (Å²) in [4.78, 5) is 29.4. The molecule has 0 spiro atoms. The molecule has 4 rings (SSSR count). The van der Waals surface area contributed by atoms with Gasteiger partial charge in [0.15, 0.2) is 9.84 Å². The number of sulfone groups is 1. The Morgan fingerprint density at radius 3 is 2.46 bits per heavy atom. The fourth-order valence-corrected chi connectivity index (χ4v) is 4.55. The van der Waals surface area contributed by atoms with Crippen LogP contribution in [0.5, 0.6) is 0 Å². The van der Waals surface area contributed by atoms with Crippen molar-refractivity contribution in [1.82, 2.24) is 9.80 Å². The van der Waals surface area contributed by atoms with Gasteiger partial charge in [-0.05, 0) is 37.0 Å². The lowest BCUT2D eigenvalue weighted by Crippen LogP contribution is -2.48. The van der Waals surface area contributed by atoms with Gasteiger partial charge in [0.2, 0.25) is 11.8 Å². The van der Waals surface area contributed by atoms with E-state index < -0.39 is 9.84 Å². The van der Waals surface area contributed by atoms with E-state index in [-0.39, 0.29) is 35.1 Å². The molecule has 0 radical (unpaired) electrons. The number of amides is 2. The van der Waals surface area contributed by atoms with Crippen LogP contribution >= 0.6 is 0 Å². The summed E-state index contributed by atoms with van der Waals surface area (Å²) < 4.78 is 23.1. The zero-order valence-electron chi connectivity index (χ0n) is 15.3. The molecule has 2 bridgehead atoms. The van der Waals surface area contributed by atoms with Crippen molar-refractivity contribution in [3.05, 3.63) is 29.8 Å². The van der Waals surface area contributed by atoms with Crippen molar-refractivity contribution in [2.45, 2.75) is 43.5 Å². The van der Waals surface area contributed by atoms with Gasteiger partial charge in [-0.25, -0.2) is 8.42 Å². The molecule has 142 valence electrons. The summed E-state index contributed by atoms with van der Waals surface area (Å²) in [5.41, 5.74) is 0.788. The summed E-state index contributed by atoms with van der Waals surface area (Å²) in [5.74, 6) is 0.105. The molecule has 0 N–H and O–H groups in total. The predicted octanol–water partition coefficient (Wildman–Crippen LogP) is 1.49. The summed E-state index contributed by atoms with van der Waals surface area (Å²) in [6.45, 7) is 3.92. The van der Waals surface area contributed by atoms with Crippen LogP contribution in [0.4, 0.5) is 0 Å². The van der Waals surface area contributed by atoms with Crippen molar-refractivity contribution < 1.29 is 18.0 Å². The Hall–Kier alpha value is -1.89. The van der Waals surface area contributed by atoms with Gasteiger partial charge in [0.05, 0.1) is 17.2 Å². The number of carbonyl (C=O) groups excluding carboxylic acids is 2. The van der Waals surface area contributed by atoms with Crippen LogP contribution in [0.1, 0.15) is 31.7 Å². The molecule has 3 aliphatic rings. The summed E-state index contributed by atoms with van der Waals surface area (Å²) >= 11 is 0. The van der Waals surface area contributed by atoms with Gasteiger partial charge in [-0.3, -0.25) is 9.59 Å². The summed E-state index contributed by atoms with van der Waals surface area (Å²) in [6, 6.07) is 6.58. The average molecular weight is 378 g/mol. The Labute approximate surface area is 155 Å². The van der Waals surface area contributed by atoms with E-state index in [2.05, 4.69) is 6.92 Å². The van der Waals surface area contributed by atoms with Crippen LogP contribution in [0, 0.1) is 5.92 Å². The van der Waals surface area contributed by atoms with Crippen molar-refractivity contribution in [2.75, 3.05) is 25.9 Å². The van der Waals surface area contributed by atoms with Gasteiger partial charge in [-0.2, -0.15) is 0 Å². The Kier molecular flexibility index (Phi) is 5.37. The van der Waals surface area contributed by atoms with Crippen LogP contribution in [-0.4, -0.2) is 62.0 Å². The van der Waals surface area contributed by atoms with Crippen molar-refractivity contribution in [2.24, 2.45) is 5.92 Å². The van der Waals surface area contributed by atoms with E-state index in [0.29, 0.717) is 13.1 Å². The summed E-state index contributed by atoms with van der Waals surface area (Å²) in [6.07, 6.45) is 4.14. The predicted molar refractivity (Wildman–Crippen MR) is 98.4 cm³/mol. The molecule has 0 aromatic heterocycles. The normalized spacial score (nSPS) is 23.2. The van der Waals surface area contributed by atoms with Crippen molar-refractivity contribution in [1.29, 1.82) is 0 Å². The molecule has 3 saturated heterocycles. The van der Waals surface area contributed by atoms with Gasteiger partial charge >= 0.3 is 0 Å². The highest BCUT2D eigenvalue weighted by atomic mass is 32.2. The monoisotopic (exact) mass is 378 g/mol. The number of carbonyl (C=O) groups is 2. The molecule has 3 heterocycles. The minimum atomic E-state index is -3.24. The maximum absolute atomic E-state index is 12.8. The number of benzene rings is 1. The van der Waals surface area contributed by atoms with Crippen molar-refractivity contribution in [3.8, 4) is 0 Å². The third-order valence-corrected chi connectivity index (χ3v) is 6.45. The standard InChI is InChI=1S/C19H26N2O4S/c1-3-10-21-16-7-6-15(19(21)23)12-20(13-16)18(22)11-14-4-8-17(9-5-14)26(2,24)25/h4-5,8-9,15-16H,3,6-7,10-13H2,1-2H3/t15-,16+/m1/s1. The van der Waals surface area contributed by atoms with Crippen molar-refractivity contribution in [3.63, 3.8) is 0 Å². The van der Waals surface area contributed by atoms with Gasteiger partial charge in [0.25, 0.3) is 0 Å². The summed E-state index contributed by atoms with van der Waals surface area (Å²) in [7, 11) is -3.24. The van der Waals surface area contributed by atoms with E-state index in [9.17, 15) is 18.0 Å².